The highest BCUT2D eigenvalue weighted by atomic mass is 15.0. The molecule has 1 fully saturated rings. The van der Waals surface area contributed by atoms with E-state index in [1.807, 2.05) is 32.9 Å². The van der Waals surface area contributed by atoms with Crippen molar-refractivity contribution in [3.05, 3.63) is 36.3 Å². The Kier molecular flexibility index (Phi) is 7.73. The van der Waals surface area contributed by atoms with E-state index < -0.39 is 0 Å². The Morgan fingerprint density at radius 2 is 2.05 bits per heavy atom. The Morgan fingerprint density at radius 3 is 2.71 bits per heavy atom. The van der Waals surface area contributed by atoms with E-state index in [1.54, 1.807) is 12.4 Å². The summed E-state index contributed by atoms with van der Waals surface area (Å²) in [7, 11) is 0. The van der Waals surface area contributed by atoms with E-state index in [0.717, 1.165) is 23.0 Å². The third-order valence-electron chi connectivity index (χ3n) is 3.76. The van der Waals surface area contributed by atoms with Crippen LogP contribution < -0.4 is 5.32 Å². The van der Waals surface area contributed by atoms with Crippen molar-refractivity contribution in [2.24, 2.45) is 5.92 Å². The molecule has 1 aromatic heterocycles. The van der Waals surface area contributed by atoms with Gasteiger partial charge in [0.15, 0.2) is 0 Å². The Morgan fingerprint density at radius 1 is 1.29 bits per heavy atom. The lowest BCUT2D eigenvalue weighted by Crippen LogP contribution is -2.27. The number of rotatable bonds is 4. The Bertz CT molecular complexity index is 466. The molecule has 1 heterocycles. The largest absolute Gasteiger partial charge is 0.367 e. The molecule has 1 aromatic rings. The van der Waals surface area contributed by atoms with Crippen molar-refractivity contribution in [2.75, 3.05) is 5.32 Å². The maximum Gasteiger partial charge on any atom is 0.137 e. The van der Waals surface area contributed by atoms with Crippen molar-refractivity contribution < 1.29 is 0 Å². The minimum absolute atomic E-state index is 0.536. The van der Waals surface area contributed by atoms with Gasteiger partial charge in [0.25, 0.3) is 0 Å². The average Bonchev–Trinajstić information content (AvgIpc) is 2.49. The summed E-state index contributed by atoms with van der Waals surface area (Å²) < 4.78 is 0. The van der Waals surface area contributed by atoms with Crippen LogP contribution in [-0.2, 0) is 0 Å². The lowest BCUT2D eigenvalue weighted by atomic mass is 9.87. The zero-order chi connectivity index (χ0) is 15.7. The van der Waals surface area contributed by atoms with Gasteiger partial charge in [-0.1, -0.05) is 52.3 Å². The highest BCUT2D eigenvalue weighted by Gasteiger charge is 2.20. The van der Waals surface area contributed by atoms with Crippen LogP contribution in [0.15, 0.2) is 25.1 Å². The number of aryl methyl sites for hydroxylation is 1. The van der Waals surface area contributed by atoms with Gasteiger partial charge in [0.2, 0.25) is 0 Å². The Labute approximate surface area is 129 Å². The van der Waals surface area contributed by atoms with Crippen molar-refractivity contribution in [3.8, 4) is 0 Å². The van der Waals surface area contributed by atoms with E-state index in [-0.39, 0.29) is 0 Å². The van der Waals surface area contributed by atoms with Crippen LogP contribution in [0.25, 0.3) is 6.08 Å². The summed E-state index contributed by atoms with van der Waals surface area (Å²) >= 11 is 0. The SMILES string of the molecule is C=C/C=C\c1c(C)ncnc1NC1CCCC(C)C1.CC. The fourth-order valence-corrected chi connectivity index (χ4v) is 2.72. The summed E-state index contributed by atoms with van der Waals surface area (Å²) in [6.07, 6.45) is 12.5. The van der Waals surface area contributed by atoms with Crippen LogP contribution in [0.1, 0.15) is 57.7 Å². The molecule has 0 aliphatic heterocycles. The maximum atomic E-state index is 4.40. The Hall–Kier alpha value is -1.64. The number of nitrogens with zero attached hydrogens (tertiary/aromatic N) is 2. The molecular formula is C18H29N3. The second-order valence-corrected chi connectivity index (χ2v) is 5.43. The molecule has 1 N–H and O–H groups in total. The van der Waals surface area contributed by atoms with E-state index in [1.165, 1.54) is 25.7 Å². The minimum Gasteiger partial charge on any atom is -0.367 e. The summed E-state index contributed by atoms with van der Waals surface area (Å²) in [6, 6.07) is 0.536. The molecule has 0 amide bonds. The third-order valence-corrected chi connectivity index (χ3v) is 3.76. The smallest absolute Gasteiger partial charge is 0.137 e. The third kappa shape index (κ3) is 5.33. The topological polar surface area (TPSA) is 37.8 Å². The zero-order valence-corrected chi connectivity index (χ0v) is 13.9. The molecule has 0 saturated heterocycles. The van der Waals surface area contributed by atoms with Crippen LogP contribution in [0.2, 0.25) is 0 Å². The van der Waals surface area contributed by atoms with E-state index in [4.69, 9.17) is 0 Å². The van der Waals surface area contributed by atoms with Gasteiger partial charge in [-0.25, -0.2) is 9.97 Å². The second-order valence-electron chi connectivity index (χ2n) is 5.43. The number of nitrogens with one attached hydrogen (secondary N) is 1. The lowest BCUT2D eigenvalue weighted by molar-refractivity contribution is 0.358. The highest BCUT2D eigenvalue weighted by molar-refractivity contribution is 5.65. The molecule has 2 atom stereocenters. The fraction of sp³-hybridized carbons (Fsp3) is 0.556. The summed E-state index contributed by atoms with van der Waals surface area (Å²) in [5, 5.41) is 3.59. The molecule has 2 rings (SSSR count). The molecule has 0 radical (unpaired) electrons. The zero-order valence-electron chi connectivity index (χ0n) is 13.9. The first kappa shape index (κ1) is 17.4. The molecule has 0 bridgehead atoms. The van der Waals surface area contributed by atoms with E-state index in [2.05, 4.69) is 28.8 Å². The monoisotopic (exact) mass is 287 g/mol. The van der Waals surface area contributed by atoms with Crippen molar-refractivity contribution in [3.63, 3.8) is 0 Å². The molecule has 116 valence electrons. The van der Waals surface area contributed by atoms with Gasteiger partial charge in [0, 0.05) is 11.6 Å². The van der Waals surface area contributed by atoms with Gasteiger partial charge in [0.05, 0.1) is 5.69 Å². The first-order valence-electron chi connectivity index (χ1n) is 8.08. The highest BCUT2D eigenvalue weighted by Crippen LogP contribution is 2.27. The average molecular weight is 287 g/mol. The molecule has 1 saturated carbocycles. The molecular weight excluding hydrogens is 258 g/mol. The standard InChI is InChI=1S/C16H23N3.C2H6/c1-4-5-9-15-13(3)17-11-18-16(15)19-14-8-6-7-12(2)10-14;1-2/h4-5,9,11-12,14H,1,6-8,10H2,2-3H3,(H,17,18,19);1-2H3/b9-5-;. The quantitative estimate of drug-likeness (QED) is 0.792. The first-order valence-corrected chi connectivity index (χ1v) is 8.08. The fourth-order valence-electron chi connectivity index (χ4n) is 2.72. The van der Waals surface area contributed by atoms with Gasteiger partial charge in [0.1, 0.15) is 12.1 Å². The summed E-state index contributed by atoms with van der Waals surface area (Å²) in [5.41, 5.74) is 2.07. The number of hydrogen-bond acceptors (Lipinski definition) is 3. The van der Waals surface area contributed by atoms with Crippen LogP contribution in [0.3, 0.4) is 0 Å². The molecule has 2 unspecified atom stereocenters. The van der Waals surface area contributed by atoms with E-state index >= 15 is 0 Å². The van der Waals surface area contributed by atoms with Crippen LogP contribution in [0, 0.1) is 12.8 Å². The van der Waals surface area contributed by atoms with Gasteiger partial charge in [-0.2, -0.15) is 0 Å². The van der Waals surface area contributed by atoms with Gasteiger partial charge in [-0.3, -0.25) is 0 Å². The van der Waals surface area contributed by atoms with Crippen LogP contribution in [-0.4, -0.2) is 16.0 Å². The van der Waals surface area contributed by atoms with Crippen LogP contribution in [0.5, 0.6) is 0 Å². The van der Waals surface area contributed by atoms with Gasteiger partial charge in [-0.15, -0.1) is 0 Å². The minimum atomic E-state index is 0.536. The van der Waals surface area contributed by atoms with Crippen LogP contribution >= 0.6 is 0 Å². The van der Waals surface area contributed by atoms with Crippen molar-refractivity contribution >= 4 is 11.9 Å². The molecule has 0 aromatic carbocycles. The number of allylic oxidation sites excluding steroid dienone is 2. The molecule has 1 aliphatic carbocycles. The summed E-state index contributed by atoms with van der Waals surface area (Å²) in [6.45, 7) is 12.1. The predicted octanol–water partition coefficient (Wildman–Crippen LogP) is 5.00. The maximum absolute atomic E-state index is 4.40. The molecule has 0 spiro atoms. The van der Waals surface area contributed by atoms with E-state index in [0.29, 0.717) is 6.04 Å². The predicted molar refractivity (Wildman–Crippen MR) is 92.4 cm³/mol. The molecule has 3 nitrogen and oxygen atoms in total. The Balaban J connectivity index is 0.00000106. The lowest BCUT2D eigenvalue weighted by Gasteiger charge is -2.28. The normalized spacial score (nSPS) is 21.5. The molecule has 3 heteroatoms. The number of hydrogen-bond donors (Lipinski definition) is 1. The first-order chi connectivity index (χ1) is 10.2. The van der Waals surface area contributed by atoms with Gasteiger partial charge < -0.3 is 5.32 Å². The van der Waals surface area contributed by atoms with Gasteiger partial charge >= 0.3 is 0 Å². The number of anilines is 1. The van der Waals surface area contributed by atoms with Crippen molar-refractivity contribution in [2.45, 2.75) is 59.4 Å². The molecule has 21 heavy (non-hydrogen) atoms. The summed E-state index contributed by atoms with van der Waals surface area (Å²) in [5.74, 6) is 1.76. The van der Waals surface area contributed by atoms with Crippen molar-refractivity contribution in [1.29, 1.82) is 0 Å². The van der Waals surface area contributed by atoms with Crippen LogP contribution in [0.4, 0.5) is 5.82 Å². The molecule has 1 aliphatic rings. The summed E-state index contributed by atoms with van der Waals surface area (Å²) in [4.78, 5) is 8.67. The second kappa shape index (κ2) is 9.32. The van der Waals surface area contributed by atoms with Gasteiger partial charge in [-0.05, 0) is 31.8 Å². The number of aromatic nitrogens is 2. The van der Waals surface area contributed by atoms with Crippen molar-refractivity contribution in [1.82, 2.24) is 9.97 Å². The van der Waals surface area contributed by atoms with E-state index in [9.17, 15) is 0 Å².